The fourth-order valence-corrected chi connectivity index (χ4v) is 4.84. The summed E-state index contributed by atoms with van der Waals surface area (Å²) < 4.78 is 33.6. The van der Waals surface area contributed by atoms with Crippen LogP contribution in [-0.4, -0.2) is 50.7 Å². The van der Waals surface area contributed by atoms with Crippen molar-refractivity contribution >= 4 is 33.6 Å². The Kier molecular flexibility index (Phi) is 7.60. The van der Waals surface area contributed by atoms with Crippen LogP contribution in [-0.2, 0) is 14.8 Å². The second kappa shape index (κ2) is 9.98. The van der Waals surface area contributed by atoms with E-state index in [2.05, 4.69) is 10.0 Å². The molecule has 0 aromatic heterocycles. The number of hydrogen-bond acceptors (Lipinski definition) is 5. The van der Waals surface area contributed by atoms with Crippen molar-refractivity contribution in [2.75, 3.05) is 25.4 Å². The van der Waals surface area contributed by atoms with Crippen LogP contribution in [0.1, 0.15) is 50.6 Å². The van der Waals surface area contributed by atoms with Gasteiger partial charge in [-0.25, -0.2) is 17.9 Å². The molecule has 0 bridgehead atoms. The molecule has 1 aliphatic carbocycles. The molecule has 3 rings (SSSR count). The van der Waals surface area contributed by atoms with Gasteiger partial charge in [-0.15, -0.1) is 0 Å². The SMILES string of the molecule is C[C@H](NS(=O)(=O)CCCCCN1CC(=O)NC1=O)c1ccc(Cl)cc1OCC1CC1. The third-order valence-electron chi connectivity index (χ3n) is 5.18. The van der Waals surface area contributed by atoms with Crippen molar-refractivity contribution in [3.8, 4) is 5.75 Å². The fraction of sp³-hybridized carbons (Fsp3) is 0.600. The summed E-state index contributed by atoms with van der Waals surface area (Å²) in [5, 5.41) is 2.77. The molecular weight excluding hydrogens is 430 g/mol. The predicted octanol–water partition coefficient (Wildman–Crippen LogP) is 2.83. The van der Waals surface area contributed by atoms with Crippen LogP contribution in [0.2, 0.25) is 5.02 Å². The number of unbranched alkanes of at least 4 members (excludes halogenated alkanes) is 2. The van der Waals surface area contributed by atoms with Gasteiger partial charge < -0.3 is 9.64 Å². The van der Waals surface area contributed by atoms with Crippen LogP contribution in [0, 0.1) is 5.92 Å². The smallest absolute Gasteiger partial charge is 0.324 e. The molecule has 166 valence electrons. The summed E-state index contributed by atoms with van der Waals surface area (Å²) in [6, 6.07) is 4.42. The van der Waals surface area contributed by atoms with E-state index in [9.17, 15) is 18.0 Å². The average molecular weight is 458 g/mol. The molecule has 1 saturated heterocycles. The van der Waals surface area contributed by atoms with Gasteiger partial charge in [-0.3, -0.25) is 10.1 Å². The molecule has 1 heterocycles. The lowest BCUT2D eigenvalue weighted by Crippen LogP contribution is -2.30. The molecule has 10 heteroatoms. The number of halogens is 1. The van der Waals surface area contributed by atoms with Gasteiger partial charge in [-0.1, -0.05) is 24.1 Å². The summed E-state index contributed by atoms with van der Waals surface area (Å²) in [5.74, 6) is 0.883. The Hall–Kier alpha value is -1.84. The number of rotatable bonds is 12. The average Bonchev–Trinajstić information content (AvgIpc) is 3.43. The Morgan fingerprint density at radius 1 is 1.27 bits per heavy atom. The number of urea groups is 1. The molecule has 1 atom stereocenters. The molecule has 8 nitrogen and oxygen atoms in total. The van der Waals surface area contributed by atoms with Gasteiger partial charge >= 0.3 is 6.03 Å². The lowest BCUT2D eigenvalue weighted by Gasteiger charge is -2.19. The van der Waals surface area contributed by atoms with Gasteiger partial charge in [0.15, 0.2) is 0 Å². The van der Waals surface area contributed by atoms with Gasteiger partial charge in [-0.2, -0.15) is 0 Å². The van der Waals surface area contributed by atoms with Crippen molar-refractivity contribution in [1.29, 1.82) is 0 Å². The van der Waals surface area contributed by atoms with Crippen LogP contribution in [0.3, 0.4) is 0 Å². The molecule has 2 N–H and O–H groups in total. The molecule has 2 aliphatic rings. The molecule has 2 fully saturated rings. The predicted molar refractivity (Wildman–Crippen MR) is 114 cm³/mol. The number of sulfonamides is 1. The second-order valence-corrected chi connectivity index (χ2v) is 10.2. The number of amides is 3. The van der Waals surface area contributed by atoms with E-state index in [1.54, 1.807) is 25.1 Å². The number of hydrogen-bond donors (Lipinski definition) is 2. The number of carbonyl (C=O) groups is 2. The summed E-state index contributed by atoms with van der Waals surface area (Å²) in [6.45, 7) is 2.91. The quantitative estimate of drug-likeness (QED) is 0.371. The number of nitrogens with one attached hydrogen (secondary N) is 2. The Morgan fingerprint density at radius 3 is 2.70 bits per heavy atom. The largest absolute Gasteiger partial charge is 0.493 e. The second-order valence-electron chi connectivity index (χ2n) is 7.93. The van der Waals surface area contributed by atoms with E-state index in [4.69, 9.17) is 16.3 Å². The zero-order chi connectivity index (χ0) is 21.7. The van der Waals surface area contributed by atoms with E-state index < -0.39 is 16.1 Å². The zero-order valence-electron chi connectivity index (χ0n) is 17.0. The first-order valence-corrected chi connectivity index (χ1v) is 12.3. The molecule has 1 aromatic rings. The minimum atomic E-state index is -3.48. The van der Waals surface area contributed by atoms with E-state index >= 15 is 0 Å². The van der Waals surface area contributed by atoms with E-state index in [1.165, 1.54) is 4.90 Å². The lowest BCUT2D eigenvalue weighted by atomic mass is 10.1. The number of ether oxygens (including phenoxy) is 1. The van der Waals surface area contributed by atoms with Gasteiger partial charge in [-0.05, 0) is 50.7 Å². The molecule has 3 amide bonds. The maximum absolute atomic E-state index is 12.5. The Balaban J connectivity index is 1.45. The summed E-state index contributed by atoms with van der Waals surface area (Å²) in [6.07, 6.45) is 4.08. The molecule has 0 unspecified atom stereocenters. The third kappa shape index (κ3) is 6.85. The van der Waals surface area contributed by atoms with Crippen molar-refractivity contribution < 1.29 is 22.7 Å². The lowest BCUT2D eigenvalue weighted by molar-refractivity contribution is -0.118. The fourth-order valence-electron chi connectivity index (χ4n) is 3.31. The van der Waals surface area contributed by atoms with Crippen LogP contribution in [0.15, 0.2) is 18.2 Å². The highest BCUT2D eigenvalue weighted by Gasteiger charge is 2.26. The molecule has 1 saturated carbocycles. The first kappa shape index (κ1) is 22.8. The summed E-state index contributed by atoms with van der Waals surface area (Å²) >= 11 is 6.08. The van der Waals surface area contributed by atoms with Gasteiger partial charge in [0.2, 0.25) is 15.9 Å². The Labute approximate surface area is 182 Å². The maximum Gasteiger partial charge on any atom is 0.324 e. The molecule has 1 aromatic carbocycles. The maximum atomic E-state index is 12.5. The van der Waals surface area contributed by atoms with Crippen molar-refractivity contribution in [3.63, 3.8) is 0 Å². The minimum Gasteiger partial charge on any atom is -0.493 e. The monoisotopic (exact) mass is 457 g/mol. The molecule has 0 radical (unpaired) electrons. The van der Waals surface area contributed by atoms with Crippen molar-refractivity contribution in [2.45, 2.75) is 45.1 Å². The van der Waals surface area contributed by atoms with Gasteiger partial charge in [0.25, 0.3) is 0 Å². The highest BCUT2D eigenvalue weighted by Crippen LogP contribution is 2.33. The third-order valence-corrected chi connectivity index (χ3v) is 6.95. The summed E-state index contributed by atoms with van der Waals surface area (Å²) in [7, 11) is -3.48. The number of nitrogens with zero attached hydrogens (tertiary/aromatic N) is 1. The minimum absolute atomic E-state index is 0.00563. The van der Waals surface area contributed by atoms with Crippen LogP contribution in [0.4, 0.5) is 4.79 Å². The summed E-state index contributed by atoms with van der Waals surface area (Å²) in [5.41, 5.74) is 0.758. The van der Waals surface area contributed by atoms with Gasteiger partial charge in [0.1, 0.15) is 12.3 Å². The Morgan fingerprint density at radius 2 is 2.03 bits per heavy atom. The first-order chi connectivity index (χ1) is 14.2. The number of imide groups is 1. The normalized spacial score (nSPS) is 17.9. The molecule has 1 aliphatic heterocycles. The van der Waals surface area contributed by atoms with Gasteiger partial charge in [0, 0.05) is 23.2 Å². The van der Waals surface area contributed by atoms with Crippen molar-refractivity contribution in [1.82, 2.24) is 14.9 Å². The van der Waals surface area contributed by atoms with Crippen molar-refractivity contribution in [2.24, 2.45) is 5.92 Å². The zero-order valence-corrected chi connectivity index (χ0v) is 18.6. The van der Waals surface area contributed by atoms with Crippen LogP contribution in [0.25, 0.3) is 0 Å². The molecular formula is C20H28ClN3O5S. The number of carbonyl (C=O) groups excluding carboxylic acids is 2. The van der Waals surface area contributed by atoms with E-state index in [0.717, 1.165) is 18.4 Å². The van der Waals surface area contributed by atoms with E-state index in [0.29, 0.717) is 49.1 Å². The van der Waals surface area contributed by atoms with Crippen molar-refractivity contribution in [3.05, 3.63) is 28.8 Å². The first-order valence-electron chi connectivity index (χ1n) is 10.2. The van der Waals surface area contributed by atoms with Gasteiger partial charge in [0.05, 0.1) is 12.4 Å². The van der Waals surface area contributed by atoms with E-state index in [1.807, 2.05) is 0 Å². The number of benzene rings is 1. The topological polar surface area (TPSA) is 105 Å². The highest BCUT2D eigenvalue weighted by molar-refractivity contribution is 7.89. The van der Waals surface area contributed by atoms with Crippen LogP contribution in [0.5, 0.6) is 5.75 Å². The Bertz CT molecular complexity index is 888. The molecule has 30 heavy (non-hydrogen) atoms. The summed E-state index contributed by atoms with van der Waals surface area (Å²) in [4.78, 5) is 24.0. The highest BCUT2D eigenvalue weighted by atomic mass is 35.5. The van der Waals surface area contributed by atoms with Crippen LogP contribution >= 0.6 is 11.6 Å². The standard InChI is InChI=1S/C20H28ClN3O5S/c1-14(17-8-7-16(21)11-18(17)29-13-15-5-6-15)23-30(27,28)10-4-2-3-9-24-12-19(25)22-20(24)26/h7-8,11,14-15,23H,2-6,9-10,12-13H2,1H3,(H,22,25,26)/t14-/m0/s1. The van der Waals surface area contributed by atoms with Crippen LogP contribution < -0.4 is 14.8 Å². The molecule has 0 spiro atoms. The van der Waals surface area contributed by atoms with E-state index in [-0.39, 0.29) is 24.2 Å².